The van der Waals surface area contributed by atoms with Gasteiger partial charge in [-0.05, 0) is 69.5 Å². The highest BCUT2D eigenvalue weighted by Gasteiger charge is 2.38. The zero-order valence-electron chi connectivity index (χ0n) is 31.2. The summed E-state index contributed by atoms with van der Waals surface area (Å²) in [6, 6.07) is 8.93. The zero-order chi connectivity index (χ0) is 36.7. The second-order valence-electron chi connectivity index (χ2n) is 12.0. The summed E-state index contributed by atoms with van der Waals surface area (Å²) < 4.78 is 48.1. The van der Waals surface area contributed by atoms with Crippen LogP contribution in [0, 0.1) is 30.9 Å². The van der Waals surface area contributed by atoms with Gasteiger partial charge in [0.05, 0.1) is 33.0 Å². The topological polar surface area (TPSA) is 89.6 Å². The highest BCUT2D eigenvalue weighted by molar-refractivity contribution is 5.84. The molecule has 0 saturated carbocycles. The molecule has 0 spiro atoms. The number of halogens is 2. The highest BCUT2D eigenvalue weighted by atomic mass is 19.1. The number of rotatable bonds is 16. The van der Waals surface area contributed by atoms with E-state index in [0.29, 0.717) is 70.8 Å². The molecule has 2 heterocycles. The molecule has 2 aromatic rings. The van der Waals surface area contributed by atoms with E-state index < -0.39 is 0 Å². The normalized spacial score (nSPS) is 14.9. The van der Waals surface area contributed by atoms with Gasteiger partial charge in [0.1, 0.15) is 36.3 Å². The van der Waals surface area contributed by atoms with Crippen LogP contribution in [0.2, 0.25) is 0 Å². The molecule has 0 atom stereocenters. The second-order valence-corrected chi connectivity index (χ2v) is 12.0. The van der Waals surface area contributed by atoms with Gasteiger partial charge in [0.15, 0.2) is 0 Å². The first-order valence-electron chi connectivity index (χ1n) is 17.8. The molecule has 11 heteroatoms. The van der Waals surface area contributed by atoms with Crippen molar-refractivity contribution in [2.75, 3.05) is 78.9 Å². The number of likely N-dealkylation sites (tertiary alicyclic amines) is 2. The van der Waals surface area contributed by atoms with Crippen LogP contribution in [0.4, 0.5) is 8.78 Å². The fourth-order valence-electron chi connectivity index (χ4n) is 4.99. The molecule has 0 radical (unpaired) electrons. The van der Waals surface area contributed by atoms with E-state index in [-0.39, 0.29) is 28.9 Å². The predicted octanol–water partition coefficient (Wildman–Crippen LogP) is 6.58. The summed E-state index contributed by atoms with van der Waals surface area (Å²) >= 11 is 0. The van der Waals surface area contributed by atoms with E-state index in [4.69, 9.17) is 18.9 Å². The molecule has 0 aliphatic carbocycles. The quantitative estimate of drug-likeness (QED) is 0.199. The van der Waals surface area contributed by atoms with E-state index in [1.54, 1.807) is 12.1 Å². The maximum atomic E-state index is 13.1. The molecular weight excluding hydrogens is 632 g/mol. The molecule has 0 aromatic heterocycles. The van der Waals surface area contributed by atoms with Gasteiger partial charge >= 0.3 is 0 Å². The van der Waals surface area contributed by atoms with E-state index in [0.717, 1.165) is 37.2 Å². The maximum Gasteiger partial charge on any atom is 0.234 e. The fourth-order valence-corrected chi connectivity index (χ4v) is 4.99. The summed E-state index contributed by atoms with van der Waals surface area (Å²) in [4.78, 5) is 27.7. The number of hydrogen-bond acceptors (Lipinski definition) is 7. The van der Waals surface area contributed by atoms with Gasteiger partial charge in [0, 0.05) is 37.2 Å². The first-order chi connectivity index (χ1) is 23.5. The van der Waals surface area contributed by atoms with Crippen molar-refractivity contribution in [1.29, 1.82) is 0 Å². The number of carbonyl (C=O) groups excluding carboxylic acids is 2. The molecule has 278 valence electrons. The Morgan fingerprint density at radius 1 is 0.776 bits per heavy atom. The molecule has 0 unspecified atom stereocenters. The third-order valence-corrected chi connectivity index (χ3v) is 7.78. The Labute approximate surface area is 293 Å². The van der Waals surface area contributed by atoms with Crippen molar-refractivity contribution in [3.63, 3.8) is 0 Å². The van der Waals surface area contributed by atoms with Crippen molar-refractivity contribution >= 4 is 11.8 Å². The Bertz CT molecular complexity index is 1220. The van der Waals surface area contributed by atoms with E-state index >= 15 is 0 Å². The van der Waals surface area contributed by atoms with Crippen LogP contribution < -0.4 is 14.8 Å². The molecule has 2 amide bonds. The SMILES string of the molecule is CC.CC.Cc1ccc(F)cc1OCCOCCN1CCC(C)(C)C1=O.Cc1ccc(F)cc1OCCOCCNC(=O)CN1CCCC1. The van der Waals surface area contributed by atoms with Crippen LogP contribution in [0.1, 0.15) is 71.9 Å². The lowest BCUT2D eigenvalue weighted by molar-refractivity contribution is -0.135. The summed E-state index contributed by atoms with van der Waals surface area (Å²) in [5, 5.41) is 2.84. The van der Waals surface area contributed by atoms with Gasteiger partial charge in [-0.2, -0.15) is 0 Å². The molecular formula is C38H61F2N3O6. The van der Waals surface area contributed by atoms with Gasteiger partial charge < -0.3 is 29.2 Å². The summed E-state index contributed by atoms with van der Waals surface area (Å²) in [6.45, 7) is 22.6. The van der Waals surface area contributed by atoms with Crippen molar-refractivity contribution < 1.29 is 37.3 Å². The van der Waals surface area contributed by atoms with Crippen molar-refractivity contribution in [1.82, 2.24) is 15.1 Å². The smallest absolute Gasteiger partial charge is 0.234 e. The molecule has 2 saturated heterocycles. The molecule has 2 fully saturated rings. The largest absolute Gasteiger partial charge is 0.491 e. The Morgan fingerprint density at radius 2 is 1.29 bits per heavy atom. The Kier molecular flexibility index (Phi) is 22.1. The van der Waals surface area contributed by atoms with Crippen molar-refractivity contribution in [3.05, 3.63) is 59.2 Å². The molecule has 2 aromatic carbocycles. The van der Waals surface area contributed by atoms with Crippen LogP contribution >= 0.6 is 0 Å². The number of carbonyl (C=O) groups is 2. The Morgan fingerprint density at radius 3 is 1.78 bits per heavy atom. The monoisotopic (exact) mass is 693 g/mol. The third kappa shape index (κ3) is 17.3. The molecule has 49 heavy (non-hydrogen) atoms. The lowest BCUT2D eigenvalue weighted by Crippen LogP contribution is -2.37. The van der Waals surface area contributed by atoms with Gasteiger partial charge in [-0.3, -0.25) is 14.5 Å². The number of ether oxygens (including phenoxy) is 4. The molecule has 2 aliphatic rings. The van der Waals surface area contributed by atoms with Gasteiger partial charge in [0.25, 0.3) is 0 Å². The van der Waals surface area contributed by atoms with Crippen LogP contribution in [0.15, 0.2) is 36.4 Å². The molecule has 0 bridgehead atoms. The minimum absolute atomic E-state index is 0.0436. The molecule has 1 N–H and O–H groups in total. The number of hydrogen-bond donors (Lipinski definition) is 1. The summed E-state index contributed by atoms with van der Waals surface area (Å²) in [7, 11) is 0. The van der Waals surface area contributed by atoms with Gasteiger partial charge in [-0.25, -0.2) is 8.78 Å². The molecule has 2 aliphatic heterocycles. The average molecular weight is 694 g/mol. The van der Waals surface area contributed by atoms with E-state index in [1.807, 2.05) is 60.3 Å². The van der Waals surface area contributed by atoms with Crippen molar-refractivity contribution in [2.24, 2.45) is 5.41 Å². The Balaban J connectivity index is 0.000000445. The number of nitrogens with zero attached hydrogens (tertiary/aromatic N) is 2. The van der Waals surface area contributed by atoms with E-state index in [9.17, 15) is 18.4 Å². The fraction of sp³-hybridized carbons (Fsp3) is 0.632. The average Bonchev–Trinajstić information content (AvgIpc) is 3.70. The van der Waals surface area contributed by atoms with Gasteiger partial charge in [0.2, 0.25) is 11.8 Å². The molecule has 9 nitrogen and oxygen atoms in total. The van der Waals surface area contributed by atoms with Crippen LogP contribution in [-0.2, 0) is 19.1 Å². The number of amides is 2. The lowest BCUT2D eigenvalue weighted by Gasteiger charge is -2.19. The first kappa shape index (κ1) is 43.7. The first-order valence-corrected chi connectivity index (χ1v) is 17.8. The van der Waals surface area contributed by atoms with E-state index in [2.05, 4.69) is 10.2 Å². The lowest BCUT2D eigenvalue weighted by atomic mass is 9.92. The number of aryl methyl sites for hydroxylation is 2. The van der Waals surface area contributed by atoms with Crippen molar-refractivity contribution in [2.45, 2.75) is 74.7 Å². The minimum atomic E-state index is -0.313. The van der Waals surface area contributed by atoms with E-state index in [1.165, 1.54) is 37.1 Å². The standard InChI is InChI=1S/C17H25FN2O3.C17H24FNO3.2C2H6/c1-14-4-5-15(18)12-16(14)23-11-10-22-9-6-19-17(21)13-20-7-2-3-8-20;1-13-4-5-14(18)12-15(13)22-11-10-21-9-8-19-7-6-17(2,3)16(19)20;2*1-2/h4-5,12H,2-3,6-11,13H2,1H3,(H,19,21);4-5,12H,6-11H2,1-3H3;2*1-2H3. The third-order valence-electron chi connectivity index (χ3n) is 7.78. The van der Waals surface area contributed by atoms with Crippen LogP contribution in [0.5, 0.6) is 11.5 Å². The number of nitrogens with one attached hydrogen (secondary N) is 1. The molecule has 4 rings (SSSR count). The Hall–Kier alpha value is -3.28. The summed E-state index contributed by atoms with van der Waals surface area (Å²) in [5.74, 6) is 0.696. The van der Waals surface area contributed by atoms with Crippen LogP contribution in [-0.4, -0.2) is 101 Å². The minimum Gasteiger partial charge on any atom is -0.491 e. The maximum absolute atomic E-state index is 13.1. The highest BCUT2D eigenvalue weighted by Crippen LogP contribution is 2.30. The van der Waals surface area contributed by atoms with Crippen LogP contribution in [0.3, 0.4) is 0 Å². The predicted molar refractivity (Wildman–Crippen MR) is 191 cm³/mol. The number of benzene rings is 2. The van der Waals surface area contributed by atoms with Gasteiger partial charge in [-0.1, -0.05) is 53.7 Å². The zero-order valence-corrected chi connectivity index (χ0v) is 31.2. The van der Waals surface area contributed by atoms with Crippen molar-refractivity contribution in [3.8, 4) is 11.5 Å². The van der Waals surface area contributed by atoms with Gasteiger partial charge in [-0.15, -0.1) is 0 Å². The second kappa shape index (κ2) is 24.8. The summed E-state index contributed by atoms with van der Waals surface area (Å²) in [5.41, 5.74) is 1.55. The summed E-state index contributed by atoms with van der Waals surface area (Å²) in [6.07, 6.45) is 3.26. The van der Waals surface area contributed by atoms with Crippen LogP contribution in [0.25, 0.3) is 0 Å².